The quantitative estimate of drug-likeness (QED) is 0.797. The molecule has 1 saturated heterocycles. The molecule has 5 nitrogen and oxygen atoms in total. The predicted octanol–water partition coefficient (Wildman–Crippen LogP) is 2.48. The number of benzene rings is 2. The molecule has 1 fully saturated rings. The van der Waals surface area contributed by atoms with Crippen LogP contribution < -0.4 is 4.74 Å². The Morgan fingerprint density at radius 1 is 1.04 bits per heavy atom. The molecule has 3 rings (SSSR count). The van der Waals surface area contributed by atoms with Crippen molar-refractivity contribution in [3.63, 3.8) is 0 Å². The SMILES string of the molecule is COc1ccc(CN2CCN(S(=O)(=O)c3cccc(F)c3)CC2)cc1F. The highest BCUT2D eigenvalue weighted by Gasteiger charge is 2.28. The van der Waals surface area contributed by atoms with E-state index in [1.807, 2.05) is 0 Å². The molecule has 1 heterocycles. The molecule has 0 N–H and O–H groups in total. The molecule has 1 aliphatic rings. The first kappa shape index (κ1) is 18.8. The van der Waals surface area contributed by atoms with Gasteiger partial charge in [0.2, 0.25) is 10.0 Å². The molecule has 0 aromatic heterocycles. The minimum absolute atomic E-state index is 0.0387. The van der Waals surface area contributed by atoms with Crippen molar-refractivity contribution in [1.29, 1.82) is 0 Å². The predicted molar refractivity (Wildman–Crippen MR) is 93.4 cm³/mol. The lowest BCUT2D eigenvalue weighted by molar-refractivity contribution is 0.181. The molecule has 0 saturated carbocycles. The van der Waals surface area contributed by atoms with Crippen LogP contribution in [0.3, 0.4) is 0 Å². The van der Waals surface area contributed by atoms with Crippen molar-refractivity contribution in [1.82, 2.24) is 9.21 Å². The largest absolute Gasteiger partial charge is 0.494 e. The van der Waals surface area contributed by atoms with Crippen molar-refractivity contribution in [2.45, 2.75) is 11.4 Å². The third-order valence-electron chi connectivity index (χ3n) is 4.39. The molecule has 0 bridgehead atoms. The zero-order valence-electron chi connectivity index (χ0n) is 14.4. The number of hydrogen-bond acceptors (Lipinski definition) is 4. The Morgan fingerprint density at radius 2 is 1.77 bits per heavy atom. The third-order valence-corrected chi connectivity index (χ3v) is 6.28. The van der Waals surface area contributed by atoms with Crippen LogP contribution in [0.15, 0.2) is 47.4 Å². The Kier molecular flexibility index (Phi) is 5.55. The molecular weight excluding hydrogens is 362 g/mol. The Hall–Kier alpha value is -2.03. The van der Waals surface area contributed by atoms with E-state index in [4.69, 9.17) is 4.74 Å². The molecule has 26 heavy (non-hydrogen) atoms. The minimum atomic E-state index is -3.71. The Labute approximate surface area is 151 Å². The van der Waals surface area contributed by atoms with E-state index in [1.54, 1.807) is 12.1 Å². The van der Waals surface area contributed by atoms with Crippen molar-refractivity contribution in [2.24, 2.45) is 0 Å². The smallest absolute Gasteiger partial charge is 0.243 e. The fourth-order valence-electron chi connectivity index (χ4n) is 2.97. The number of rotatable bonds is 5. The van der Waals surface area contributed by atoms with Gasteiger partial charge in [-0.1, -0.05) is 12.1 Å². The topological polar surface area (TPSA) is 49.9 Å². The molecule has 0 amide bonds. The van der Waals surface area contributed by atoms with Gasteiger partial charge >= 0.3 is 0 Å². The molecule has 0 unspecified atom stereocenters. The lowest BCUT2D eigenvalue weighted by Gasteiger charge is -2.34. The average molecular weight is 382 g/mol. The van der Waals surface area contributed by atoms with Crippen LogP contribution in [0.1, 0.15) is 5.56 Å². The molecule has 8 heteroatoms. The summed E-state index contributed by atoms with van der Waals surface area (Å²) >= 11 is 0. The number of hydrogen-bond donors (Lipinski definition) is 0. The molecule has 1 aliphatic heterocycles. The molecule has 140 valence electrons. The van der Waals surface area contributed by atoms with Gasteiger partial charge in [-0.2, -0.15) is 4.31 Å². The van der Waals surface area contributed by atoms with Crippen molar-refractivity contribution in [2.75, 3.05) is 33.3 Å². The summed E-state index contributed by atoms with van der Waals surface area (Å²) in [6.07, 6.45) is 0. The Balaban J connectivity index is 1.63. The van der Waals surface area contributed by atoms with Gasteiger partial charge in [-0.3, -0.25) is 4.90 Å². The number of halogens is 2. The van der Waals surface area contributed by atoms with Crippen LogP contribution in [0.2, 0.25) is 0 Å². The van der Waals surface area contributed by atoms with Crippen LogP contribution in [0.25, 0.3) is 0 Å². The average Bonchev–Trinajstić information content (AvgIpc) is 2.62. The lowest BCUT2D eigenvalue weighted by Crippen LogP contribution is -2.48. The second kappa shape index (κ2) is 7.69. The van der Waals surface area contributed by atoms with Crippen LogP contribution >= 0.6 is 0 Å². The summed E-state index contributed by atoms with van der Waals surface area (Å²) in [6, 6.07) is 9.82. The second-order valence-electron chi connectivity index (χ2n) is 6.11. The standard InChI is InChI=1S/C18H20F2N2O3S/c1-25-18-6-5-14(11-17(18)20)13-21-7-9-22(10-8-21)26(23,24)16-4-2-3-15(19)12-16/h2-6,11-12H,7-10,13H2,1H3. The Morgan fingerprint density at radius 3 is 2.38 bits per heavy atom. The van der Waals surface area contributed by atoms with Gasteiger partial charge in [-0.25, -0.2) is 17.2 Å². The van der Waals surface area contributed by atoms with Gasteiger partial charge in [0.15, 0.2) is 11.6 Å². The second-order valence-corrected chi connectivity index (χ2v) is 8.04. The summed E-state index contributed by atoms with van der Waals surface area (Å²) in [6.45, 7) is 2.16. The molecule has 2 aromatic rings. The summed E-state index contributed by atoms with van der Waals surface area (Å²) in [7, 11) is -2.29. The first-order valence-electron chi connectivity index (χ1n) is 8.20. The van der Waals surface area contributed by atoms with E-state index in [0.29, 0.717) is 32.7 Å². The molecule has 0 aliphatic carbocycles. The van der Waals surface area contributed by atoms with E-state index in [-0.39, 0.29) is 10.6 Å². The summed E-state index contributed by atoms with van der Waals surface area (Å²) in [4.78, 5) is 2.02. The minimum Gasteiger partial charge on any atom is -0.494 e. The van der Waals surface area contributed by atoms with E-state index in [0.717, 1.165) is 11.6 Å². The van der Waals surface area contributed by atoms with Gasteiger partial charge in [0.25, 0.3) is 0 Å². The van der Waals surface area contributed by atoms with E-state index < -0.39 is 21.7 Å². The molecule has 0 radical (unpaired) electrons. The highest BCUT2D eigenvalue weighted by molar-refractivity contribution is 7.89. The van der Waals surface area contributed by atoms with Crippen molar-refractivity contribution >= 4 is 10.0 Å². The number of methoxy groups -OCH3 is 1. The van der Waals surface area contributed by atoms with E-state index >= 15 is 0 Å². The maximum absolute atomic E-state index is 13.8. The first-order chi connectivity index (χ1) is 12.4. The highest BCUT2D eigenvalue weighted by atomic mass is 32.2. The van der Waals surface area contributed by atoms with E-state index in [2.05, 4.69) is 4.90 Å². The van der Waals surface area contributed by atoms with Crippen molar-refractivity contribution in [3.8, 4) is 5.75 Å². The van der Waals surface area contributed by atoms with E-state index in [9.17, 15) is 17.2 Å². The molecule has 0 atom stereocenters. The number of ether oxygens (including phenoxy) is 1. The Bertz CT molecular complexity index is 882. The zero-order valence-corrected chi connectivity index (χ0v) is 15.2. The maximum Gasteiger partial charge on any atom is 0.243 e. The number of piperazine rings is 1. The molecular formula is C18H20F2N2O3S. The van der Waals surface area contributed by atoms with Crippen LogP contribution in [0.4, 0.5) is 8.78 Å². The van der Waals surface area contributed by atoms with Crippen LogP contribution in [-0.4, -0.2) is 50.9 Å². The van der Waals surface area contributed by atoms with Crippen LogP contribution in [0, 0.1) is 11.6 Å². The highest BCUT2D eigenvalue weighted by Crippen LogP contribution is 2.21. The summed E-state index contributed by atoms with van der Waals surface area (Å²) in [5.41, 5.74) is 0.796. The monoisotopic (exact) mass is 382 g/mol. The van der Waals surface area contributed by atoms with Crippen molar-refractivity contribution in [3.05, 3.63) is 59.7 Å². The first-order valence-corrected chi connectivity index (χ1v) is 9.64. The normalized spacial score (nSPS) is 16.6. The van der Waals surface area contributed by atoms with Crippen LogP contribution in [-0.2, 0) is 16.6 Å². The third kappa shape index (κ3) is 4.03. The van der Waals surface area contributed by atoms with Gasteiger partial charge in [0.1, 0.15) is 5.82 Å². The van der Waals surface area contributed by atoms with Gasteiger partial charge in [0, 0.05) is 32.7 Å². The summed E-state index contributed by atoms with van der Waals surface area (Å²) < 4.78 is 58.6. The van der Waals surface area contributed by atoms with Gasteiger partial charge in [0.05, 0.1) is 12.0 Å². The molecule has 2 aromatic carbocycles. The zero-order chi connectivity index (χ0) is 18.7. The summed E-state index contributed by atoms with van der Waals surface area (Å²) in [5.74, 6) is -0.802. The number of nitrogens with zero attached hydrogens (tertiary/aromatic N) is 2. The fraction of sp³-hybridized carbons (Fsp3) is 0.333. The maximum atomic E-state index is 13.8. The van der Waals surface area contributed by atoms with Crippen LogP contribution in [0.5, 0.6) is 5.75 Å². The van der Waals surface area contributed by atoms with E-state index in [1.165, 1.54) is 35.7 Å². The fourth-order valence-corrected chi connectivity index (χ4v) is 4.43. The number of sulfonamides is 1. The molecule has 0 spiro atoms. The lowest BCUT2D eigenvalue weighted by atomic mass is 10.2. The summed E-state index contributed by atoms with van der Waals surface area (Å²) in [5, 5.41) is 0. The van der Waals surface area contributed by atoms with Crippen molar-refractivity contribution < 1.29 is 21.9 Å². The van der Waals surface area contributed by atoms with Gasteiger partial charge < -0.3 is 4.74 Å². The van der Waals surface area contributed by atoms with Gasteiger partial charge in [-0.15, -0.1) is 0 Å². The van der Waals surface area contributed by atoms with Gasteiger partial charge in [-0.05, 0) is 35.9 Å².